The van der Waals surface area contributed by atoms with Crippen LogP contribution < -0.4 is 10.0 Å². The van der Waals surface area contributed by atoms with Crippen molar-refractivity contribution in [1.29, 1.82) is 0 Å². The maximum absolute atomic E-state index is 3.49. The first-order valence-corrected chi connectivity index (χ1v) is 5.92. The van der Waals surface area contributed by atoms with Crippen molar-refractivity contribution in [2.75, 3.05) is 19.6 Å². The van der Waals surface area contributed by atoms with Gasteiger partial charge in [0.2, 0.25) is 0 Å². The van der Waals surface area contributed by atoms with Gasteiger partial charge < -0.3 is 5.32 Å². The minimum absolute atomic E-state index is 0.880. The largest absolute Gasteiger partial charge is 0.316 e. The highest BCUT2D eigenvalue weighted by atomic mass is 32.2. The van der Waals surface area contributed by atoms with E-state index in [-0.39, 0.29) is 0 Å². The molecule has 0 aromatic carbocycles. The SMILES string of the molecule is C1CNCC(CNSC2CC2)C1. The maximum Gasteiger partial charge on any atom is 0.0193 e. The van der Waals surface area contributed by atoms with Crippen LogP contribution >= 0.6 is 11.9 Å². The van der Waals surface area contributed by atoms with Gasteiger partial charge >= 0.3 is 0 Å². The fourth-order valence-corrected chi connectivity index (χ4v) is 2.51. The van der Waals surface area contributed by atoms with Gasteiger partial charge in [-0.2, -0.15) is 0 Å². The second-order valence-corrected chi connectivity index (χ2v) is 5.07. The molecule has 1 heterocycles. The number of nitrogens with one attached hydrogen (secondary N) is 2. The predicted octanol–water partition coefficient (Wildman–Crippen LogP) is 1.39. The van der Waals surface area contributed by atoms with E-state index in [1.165, 1.54) is 45.3 Å². The summed E-state index contributed by atoms with van der Waals surface area (Å²) in [5, 5.41) is 4.39. The highest BCUT2D eigenvalue weighted by Gasteiger charge is 2.22. The summed E-state index contributed by atoms with van der Waals surface area (Å²) >= 11 is 1.96. The van der Waals surface area contributed by atoms with Crippen molar-refractivity contribution >= 4 is 11.9 Å². The van der Waals surface area contributed by atoms with Crippen molar-refractivity contribution in [2.45, 2.75) is 30.9 Å². The zero-order chi connectivity index (χ0) is 8.23. The first-order valence-electron chi connectivity index (χ1n) is 5.04. The average Bonchev–Trinajstić information content (AvgIpc) is 2.90. The van der Waals surface area contributed by atoms with E-state index in [1.807, 2.05) is 11.9 Å². The molecule has 12 heavy (non-hydrogen) atoms. The van der Waals surface area contributed by atoms with Crippen molar-refractivity contribution in [3.63, 3.8) is 0 Å². The average molecular weight is 186 g/mol. The Kier molecular flexibility index (Phi) is 3.31. The van der Waals surface area contributed by atoms with Crippen molar-refractivity contribution in [1.82, 2.24) is 10.0 Å². The van der Waals surface area contributed by atoms with Crippen LogP contribution in [-0.2, 0) is 0 Å². The summed E-state index contributed by atoms with van der Waals surface area (Å²) in [6.45, 7) is 3.65. The van der Waals surface area contributed by atoms with Gasteiger partial charge in [-0.1, -0.05) is 11.9 Å². The van der Waals surface area contributed by atoms with Crippen molar-refractivity contribution < 1.29 is 0 Å². The van der Waals surface area contributed by atoms with Crippen molar-refractivity contribution in [3.8, 4) is 0 Å². The zero-order valence-electron chi connectivity index (χ0n) is 7.51. The van der Waals surface area contributed by atoms with Crippen molar-refractivity contribution in [3.05, 3.63) is 0 Å². The number of piperidine rings is 1. The number of hydrogen-bond acceptors (Lipinski definition) is 3. The second-order valence-electron chi connectivity index (χ2n) is 3.88. The molecule has 3 heteroatoms. The fraction of sp³-hybridized carbons (Fsp3) is 1.00. The molecule has 2 N–H and O–H groups in total. The molecule has 1 saturated heterocycles. The molecule has 2 fully saturated rings. The molecular formula is C9H18N2S. The first kappa shape index (κ1) is 8.85. The Balaban J connectivity index is 1.52. The molecule has 2 nitrogen and oxygen atoms in total. The Hall–Kier alpha value is 0.270. The van der Waals surface area contributed by atoms with Crippen LogP contribution in [0.15, 0.2) is 0 Å². The van der Waals surface area contributed by atoms with Gasteiger partial charge in [-0.25, -0.2) is 0 Å². The lowest BCUT2D eigenvalue weighted by molar-refractivity contribution is 0.379. The molecule has 1 aliphatic heterocycles. The molecule has 0 bridgehead atoms. The van der Waals surface area contributed by atoms with Gasteiger partial charge in [-0.3, -0.25) is 4.72 Å². The Bertz CT molecular complexity index is 130. The van der Waals surface area contributed by atoms with Gasteiger partial charge in [-0.05, 0) is 44.7 Å². The third-order valence-electron chi connectivity index (χ3n) is 2.55. The molecule has 2 rings (SSSR count). The molecule has 0 amide bonds. The van der Waals surface area contributed by atoms with Crippen LogP contribution in [0.2, 0.25) is 0 Å². The molecule has 1 aliphatic carbocycles. The fourth-order valence-electron chi connectivity index (χ4n) is 1.57. The minimum Gasteiger partial charge on any atom is -0.316 e. The van der Waals surface area contributed by atoms with Crippen LogP contribution in [0.3, 0.4) is 0 Å². The Morgan fingerprint density at radius 3 is 2.92 bits per heavy atom. The summed E-state index contributed by atoms with van der Waals surface area (Å²) in [6, 6.07) is 0. The molecule has 1 atom stereocenters. The topological polar surface area (TPSA) is 24.1 Å². The van der Waals surface area contributed by atoms with E-state index in [0.29, 0.717) is 0 Å². The minimum atomic E-state index is 0.880. The Morgan fingerprint density at radius 1 is 1.33 bits per heavy atom. The molecule has 0 radical (unpaired) electrons. The lowest BCUT2D eigenvalue weighted by Crippen LogP contribution is -2.34. The van der Waals surface area contributed by atoms with Gasteiger partial charge in [0.15, 0.2) is 0 Å². The van der Waals surface area contributed by atoms with E-state index in [9.17, 15) is 0 Å². The third kappa shape index (κ3) is 2.96. The van der Waals surface area contributed by atoms with E-state index in [0.717, 1.165) is 11.2 Å². The number of rotatable bonds is 4. The van der Waals surface area contributed by atoms with Crippen LogP contribution in [0, 0.1) is 5.92 Å². The molecule has 1 saturated carbocycles. The zero-order valence-corrected chi connectivity index (χ0v) is 8.33. The van der Waals surface area contributed by atoms with Crippen molar-refractivity contribution in [2.24, 2.45) is 5.92 Å². The van der Waals surface area contributed by atoms with Gasteiger partial charge in [0.25, 0.3) is 0 Å². The summed E-state index contributed by atoms with van der Waals surface area (Å²) in [4.78, 5) is 0. The smallest absolute Gasteiger partial charge is 0.0193 e. The second kappa shape index (κ2) is 4.49. The molecule has 0 aromatic rings. The van der Waals surface area contributed by atoms with E-state index in [4.69, 9.17) is 0 Å². The summed E-state index contributed by atoms with van der Waals surface area (Å²) < 4.78 is 3.49. The molecular weight excluding hydrogens is 168 g/mol. The van der Waals surface area contributed by atoms with Crippen LogP contribution in [0.25, 0.3) is 0 Å². The molecule has 0 spiro atoms. The third-order valence-corrected chi connectivity index (χ3v) is 3.68. The molecule has 2 aliphatic rings. The van der Waals surface area contributed by atoms with E-state index in [2.05, 4.69) is 10.0 Å². The lowest BCUT2D eigenvalue weighted by atomic mass is 10.0. The van der Waals surface area contributed by atoms with E-state index < -0.39 is 0 Å². The molecule has 0 aromatic heterocycles. The monoisotopic (exact) mass is 186 g/mol. The van der Waals surface area contributed by atoms with E-state index >= 15 is 0 Å². The summed E-state index contributed by atoms with van der Waals surface area (Å²) in [6.07, 6.45) is 5.63. The van der Waals surface area contributed by atoms with Crippen LogP contribution in [0.4, 0.5) is 0 Å². The van der Waals surface area contributed by atoms with Crippen LogP contribution in [-0.4, -0.2) is 24.9 Å². The Labute approximate surface area is 79.0 Å². The summed E-state index contributed by atoms with van der Waals surface area (Å²) in [5.41, 5.74) is 0. The Morgan fingerprint density at radius 2 is 2.25 bits per heavy atom. The highest BCUT2D eigenvalue weighted by molar-refractivity contribution is 7.98. The molecule has 70 valence electrons. The van der Waals surface area contributed by atoms with Crippen LogP contribution in [0.5, 0.6) is 0 Å². The summed E-state index contributed by atoms with van der Waals surface area (Å²) in [5.74, 6) is 0.880. The lowest BCUT2D eigenvalue weighted by Gasteiger charge is -2.22. The van der Waals surface area contributed by atoms with Gasteiger partial charge in [0.1, 0.15) is 0 Å². The van der Waals surface area contributed by atoms with Crippen LogP contribution in [0.1, 0.15) is 25.7 Å². The number of hydrogen-bond donors (Lipinski definition) is 2. The van der Waals surface area contributed by atoms with Gasteiger partial charge in [0, 0.05) is 11.8 Å². The summed E-state index contributed by atoms with van der Waals surface area (Å²) in [7, 11) is 0. The quantitative estimate of drug-likeness (QED) is 0.649. The van der Waals surface area contributed by atoms with Gasteiger partial charge in [0.05, 0.1) is 0 Å². The van der Waals surface area contributed by atoms with Gasteiger partial charge in [-0.15, -0.1) is 0 Å². The highest BCUT2D eigenvalue weighted by Crippen LogP contribution is 2.31. The maximum atomic E-state index is 3.49. The first-order chi connectivity index (χ1) is 5.95. The predicted molar refractivity (Wildman–Crippen MR) is 54.2 cm³/mol. The van der Waals surface area contributed by atoms with E-state index in [1.54, 1.807) is 0 Å². The normalized spacial score (nSPS) is 30.5. The molecule has 1 unspecified atom stereocenters. The standard InChI is InChI=1S/C9H18N2S/c1-2-8(6-10-5-1)7-11-12-9-3-4-9/h8-11H,1-7H2.